The number of likely N-dealkylation sites (tertiary alicyclic amines) is 1. The predicted octanol–water partition coefficient (Wildman–Crippen LogP) is 1.10. The zero-order chi connectivity index (χ0) is 17.7. The van der Waals surface area contributed by atoms with Gasteiger partial charge < -0.3 is 21.3 Å². The average Bonchev–Trinajstić information content (AvgIpc) is 2.86. The fraction of sp³-hybridized carbons (Fsp3) is 0.500. The lowest BCUT2D eigenvalue weighted by atomic mass is 9.94. The van der Waals surface area contributed by atoms with Gasteiger partial charge in [-0.25, -0.2) is 13.6 Å². The van der Waals surface area contributed by atoms with Crippen LogP contribution in [0.25, 0.3) is 0 Å². The molecule has 1 aromatic carbocycles. The highest BCUT2D eigenvalue weighted by Crippen LogP contribution is 2.36. The van der Waals surface area contributed by atoms with Crippen LogP contribution in [0.15, 0.2) is 30.3 Å². The third-order valence-electron chi connectivity index (χ3n) is 4.17. The zero-order valence-corrected chi connectivity index (χ0v) is 13.5. The molecular formula is C16H22F2N4O2. The number of hydrogen-bond donors (Lipinski definition) is 3. The first kappa shape index (κ1) is 18.1. The second-order valence-electron chi connectivity index (χ2n) is 5.95. The Hall–Kier alpha value is -2.22. The number of amides is 3. The number of hydrogen-bond acceptors (Lipinski definition) is 3. The molecule has 0 bridgehead atoms. The van der Waals surface area contributed by atoms with E-state index in [1.54, 1.807) is 11.9 Å². The van der Waals surface area contributed by atoms with Crippen LogP contribution < -0.4 is 16.4 Å². The number of rotatable bonds is 6. The highest BCUT2D eigenvalue weighted by molar-refractivity contribution is 5.80. The van der Waals surface area contributed by atoms with Gasteiger partial charge in [0.25, 0.3) is 5.92 Å². The minimum absolute atomic E-state index is 0.00859. The number of halogens is 2. The Bertz CT molecular complexity index is 583. The first-order chi connectivity index (χ1) is 11.3. The number of carbonyl (C=O) groups is 2. The van der Waals surface area contributed by atoms with Crippen molar-refractivity contribution in [3.05, 3.63) is 35.9 Å². The van der Waals surface area contributed by atoms with Crippen LogP contribution in [0.3, 0.4) is 0 Å². The number of nitrogens with one attached hydrogen (secondary N) is 2. The van der Waals surface area contributed by atoms with Crippen LogP contribution in [0.2, 0.25) is 0 Å². The van der Waals surface area contributed by atoms with Crippen molar-refractivity contribution in [2.24, 2.45) is 11.7 Å². The number of benzene rings is 1. The summed E-state index contributed by atoms with van der Waals surface area (Å²) in [6, 6.07) is 8.67. The molecule has 8 heteroatoms. The monoisotopic (exact) mass is 340 g/mol. The molecule has 1 saturated heterocycles. The molecule has 2 atom stereocenters. The molecule has 6 nitrogen and oxygen atoms in total. The van der Waals surface area contributed by atoms with E-state index in [2.05, 4.69) is 10.6 Å². The van der Waals surface area contributed by atoms with E-state index in [-0.39, 0.29) is 24.4 Å². The van der Waals surface area contributed by atoms with Gasteiger partial charge in [-0.05, 0) is 5.56 Å². The maximum Gasteiger partial charge on any atom is 0.315 e. The Kier molecular flexibility index (Phi) is 5.71. The van der Waals surface area contributed by atoms with Gasteiger partial charge in [-0.1, -0.05) is 30.3 Å². The van der Waals surface area contributed by atoms with Crippen molar-refractivity contribution in [2.75, 3.05) is 26.7 Å². The molecule has 0 aromatic heterocycles. The normalized spacial score (nSPS) is 21.0. The van der Waals surface area contributed by atoms with E-state index in [9.17, 15) is 18.4 Å². The van der Waals surface area contributed by atoms with Crippen LogP contribution in [0.4, 0.5) is 13.6 Å². The molecule has 24 heavy (non-hydrogen) atoms. The quantitative estimate of drug-likeness (QED) is 0.725. The maximum atomic E-state index is 13.0. The predicted molar refractivity (Wildman–Crippen MR) is 85.5 cm³/mol. The topological polar surface area (TPSA) is 87.5 Å². The molecule has 4 N–H and O–H groups in total. The summed E-state index contributed by atoms with van der Waals surface area (Å²) in [7, 11) is 1.72. The van der Waals surface area contributed by atoms with Crippen molar-refractivity contribution in [2.45, 2.75) is 18.4 Å². The summed E-state index contributed by atoms with van der Waals surface area (Å²) >= 11 is 0. The van der Waals surface area contributed by atoms with Gasteiger partial charge in [-0.2, -0.15) is 0 Å². The zero-order valence-electron chi connectivity index (χ0n) is 13.5. The fourth-order valence-electron chi connectivity index (χ4n) is 2.85. The van der Waals surface area contributed by atoms with Crippen LogP contribution in [0, 0.1) is 5.92 Å². The lowest BCUT2D eigenvalue weighted by Crippen LogP contribution is -2.46. The Morgan fingerprint density at radius 2 is 2.00 bits per heavy atom. The lowest BCUT2D eigenvalue weighted by Gasteiger charge is -2.25. The Balaban J connectivity index is 1.93. The van der Waals surface area contributed by atoms with Gasteiger partial charge in [0, 0.05) is 25.9 Å². The minimum Gasteiger partial charge on any atom is -0.338 e. The number of nitrogens with two attached hydrogens (primary N) is 1. The molecule has 1 heterocycles. The molecule has 1 fully saturated rings. The highest BCUT2D eigenvalue weighted by Gasteiger charge is 2.38. The second-order valence-corrected chi connectivity index (χ2v) is 5.95. The molecule has 132 valence electrons. The third-order valence-corrected chi connectivity index (χ3v) is 4.17. The molecule has 1 aromatic rings. The van der Waals surface area contributed by atoms with Crippen molar-refractivity contribution >= 4 is 11.9 Å². The summed E-state index contributed by atoms with van der Waals surface area (Å²) in [5.41, 5.74) is 5.89. The number of alkyl halides is 2. The molecule has 0 spiro atoms. The van der Waals surface area contributed by atoms with Crippen molar-refractivity contribution in [1.82, 2.24) is 15.5 Å². The summed E-state index contributed by atoms with van der Waals surface area (Å²) in [6.07, 6.45) is 0.301. The highest BCUT2D eigenvalue weighted by atomic mass is 19.3. The van der Waals surface area contributed by atoms with E-state index in [4.69, 9.17) is 5.73 Å². The molecular weight excluding hydrogens is 318 g/mol. The lowest BCUT2D eigenvalue weighted by molar-refractivity contribution is -0.127. The first-order valence-electron chi connectivity index (χ1n) is 7.74. The number of carbonyl (C=O) groups excluding carboxylic acids is 2. The van der Waals surface area contributed by atoms with Crippen molar-refractivity contribution < 1.29 is 18.4 Å². The van der Waals surface area contributed by atoms with E-state index in [1.165, 1.54) is 0 Å². The molecule has 3 amide bonds. The van der Waals surface area contributed by atoms with Gasteiger partial charge in [-0.3, -0.25) is 4.79 Å². The first-order valence-corrected chi connectivity index (χ1v) is 7.74. The molecule has 0 unspecified atom stereocenters. The summed E-state index contributed by atoms with van der Waals surface area (Å²) in [5, 5.41) is 4.66. The van der Waals surface area contributed by atoms with Gasteiger partial charge in [0.15, 0.2) is 0 Å². The van der Waals surface area contributed by atoms with E-state index >= 15 is 0 Å². The standard InChI is InChI=1S/C16H22F2N4O2/c1-22-13(23)7-12(14(22)11-5-3-2-4-6-11)8-20-15(24)21-10-16(17,18)9-19/h2-6,12,14H,7-10,19H2,1H3,(H2,20,21,24)/t12-,14-/m0/s1. The van der Waals surface area contributed by atoms with Gasteiger partial charge in [-0.15, -0.1) is 0 Å². The van der Waals surface area contributed by atoms with E-state index < -0.39 is 25.0 Å². The van der Waals surface area contributed by atoms with Crippen LogP contribution in [-0.4, -0.2) is 49.4 Å². The van der Waals surface area contributed by atoms with Gasteiger partial charge >= 0.3 is 6.03 Å². The molecule has 2 rings (SSSR count). The van der Waals surface area contributed by atoms with Crippen LogP contribution in [0.1, 0.15) is 18.0 Å². The SMILES string of the molecule is CN1C(=O)C[C@@H](CNC(=O)NCC(F)(F)CN)[C@@H]1c1ccccc1. The van der Waals surface area contributed by atoms with E-state index in [0.717, 1.165) is 5.56 Å². The summed E-state index contributed by atoms with van der Waals surface area (Å²) < 4.78 is 26.0. The van der Waals surface area contributed by atoms with Crippen molar-refractivity contribution in [3.63, 3.8) is 0 Å². The van der Waals surface area contributed by atoms with Gasteiger partial charge in [0.1, 0.15) is 0 Å². The summed E-state index contributed by atoms with van der Waals surface area (Å²) in [6.45, 7) is -1.43. The Morgan fingerprint density at radius 1 is 1.33 bits per heavy atom. The van der Waals surface area contributed by atoms with Crippen LogP contribution >= 0.6 is 0 Å². The van der Waals surface area contributed by atoms with Gasteiger partial charge in [0.05, 0.1) is 19.1 Å². The largest absolute Gasteiger partial charge is 0.338 e. The molecule has 0 saturated carbocycles. The van der Waals surface area contributed by atoms with Crippen LogP contribution in [0.5, 0.6) is 0 Å². The second kappa shape index (κ2) is 7.57. The molecule has 1 aliphatic rings. The van der Waals surface area contributed by atoms with Crippen LogP contribution in [-0.2, 0) is 4.79 Å². The van der Waals surface area contributed by atoms with Crippen molar-refractivity contribution in [1.29, 1.82) is 0 Å². The minimum atomic E-state index is -3.13. The Morgan fingerprint density at radius 3 is 2.62 bits per heavy atom. The molecule has 1 aliphatic heterocycles. The third kappa shape index (κ3) is 4.41. The molecule has 0 aliphatic carbocycles. The maximum absolute atomic E-state index is 13.0. The number of urea groups is 1. The summed E-state index contributed by atoms with van der Waals surface area (Å²) in [5.74, 6) is -3.26. The Labute approximate surface area is 139 Å². The van der Waals surface area contributed by atoms with Crippen molar-refractivity contribution in [3.8, 4) is 0 Å². The van der Waals surface area contributed by atoms with Gasteiger partial charge in [0.2, 0.25) is 5.91 Å². The van der Waals surface area contributed by atoms with E-state index in [0.29, 0.717) is 6.42 Å². The smallest absolute Gasteiger partial charge is 0.315 e. The summed E-state index contributed by atoms with van der Waals surface area (Å²) in [4.78, 5) is 25.3. The molecule has 0 radical (unpaired) electrons. The fourth-order valence-corrected chi connectivity index (χ4v) is 2.85. The number of nitrogens with zero attached hydrogens (tertiary/aromatic N) is 1. The average molecular weight is 340 g/mol. The van der Waals surface area contributed by atoms with E-state index in [1.807, 2.05) is 30.3 Å².